The van der Waals surface area contributed by atoms with Crippen molar-refractivity contribution in [3.05, 3.63) is 29.8 Å². The standard InChI is InChI=1S/C15H18N2O4/c1-10(15(20)21)13(18)16-12-6-4-11(5-7-12)14(19)17-8-2-3-9-17/h4-7,10H,2-3,8-9H2,1H3,(H,16,18)(H,20,21). The van der Waals surface area contributed by atoms with Crippen LogP contribution in [0.2, 0.25) is 0 Å². The van der Waals surface area contributed by atoms with Crippen LogP contribution in [-0.4, -0.2) is 40.9 Å². The van der Waals surface area contributed by atoms with Crippen LogP contribution < -0.4 is 5.32 Å². The zero-order chi connectivity index (χ0) is 15.4. The lowest BCUT2D eigenvalue weighted by atomic mass is 10.1. The molecule has 6 nitrogen and oxygen atoms in total. The number of nitrogens with one attached hydrogen (secondary N) is 1. The topological polar surface area (TPSA) is 86.7 Å². The highest BCUT2D eigenvalue weighted by Gasteiger charge is 2.21. The summed E-state index contributed by atoms with van der Waals surface area (Å²) in [5, 5.41) is 11.3. The van der Waals surface area contributed by atoms with Crippen molar-refractivity contribution in [2.24, 2.45) is 5.92 Å². The Balaban J connectivity index is 2.00. The molecule has 0 saturated carbocycles. The van der Waals surface area contributed by atoms with Gasteiger partial charge in [-0.15, -0.1) is 0 Å². The Hall–Kier alpha value is -2.37. The SMILES string of the molecule is CC(C(=O)O)C(=O)Nc1ccc(C(=O)N2CCCC2)cc1. The average molecular weight is 290 g/mol. The highest BCUT2D eigenvalue weighted by molar-refractivity contribution is 6.04. The minimum atomic E-state index is -1.17. The number of rotatable bonds is 4. The van der Waals surface area contributed by atoms with Gasteiger partial charge in [0.2, 0.25) is 5.91 Å². The van der Waals surface area contributed by atoms with Gasteiger partial charge in [0.05, 0.1) is 0 Å². The van der Waals surface area contributed by atoms with Crippen molar-refractivity contribution in [1.29, 1.82) is 0 Å². The van der Waals surface area contributed by atoms with Crippen LogP contribution in [0.15, 0.2) is 24.3 Å². The number of amides is 2. The van der Waals surface area contributed by atoms with Gasteiger partial charge in [0.15, 0.2) is 0 Å². The summed E-state index contributed by atoms with van der Waals surface area (Å²) < 4.78 is 0. The summed E-state index contributed by atoms with van der Waals surface area (Å²) in [6.45, 7) is 2.89. The van der Waals surface area contributed by atoms with Crippen LogP contribution in [-0.2, 0) is 9.59 Å². The zero-order valence-electron chi connectivity index (χ0n) is 11.8. The van der Waals surface area contributed by atoms with E-state index in [-0.39, 0.29) is 5.91 Å². The maximum atomic E-state index is 12.1. The Labute approximate surface area is 122 Å². The van der Waals surface area contributed by atoms with Crippen molar-refractivity contribution >= 4 is 23.5 Å². The Kier molecular flexibility index (Phi) is 4.57. The van der Waals surface area contributed by atoms with Crippen LogP contribution in [0.3, 0.4) is 0 Å². The van der Waals surface area contributed by atoms with Gasteiger partial charge >= 0.3 is 5.97 Å². The van der Waals surface area contributed by atoms with E-state index in [1.165, 1.54) is 6.92 Å². The van der Waals surface area contributed by atoms with E-state index in [1.807, 2.05) is 0 Å². The van der Waals surface area contributed by atoms with Gasteiger partial charge in [0, 0.05) is 24.3 Å². The number of carbonyl (C=O) groups is 3. The fourth-order valence-corrected chi connectivity index (χ4v) is 2.16. The van der Waals surface area contributed by atoms with E-state index in [1.54, 1.807) is 29.2 Å². The van der Waals surface area contributed by atoms with E-state index >= 15 is 0 Å². The molecule has 1 aliphatic heterocycles. The summed E-state index contributed by atoms with van der Waals surface area (Å²) in [7, 11) is 0. The molecule has 6 heteroatoms. The van der Waals surface area contributed by atoms with Crippen LogP contribution in [0.1, 0.15) is 30.1 Å². The second-order valence-corrected chi connectivity index (χ2v) is 5.13. The molecular formula is C15H18N2O4. The third-order valence-corrected chi connectivity index (χ3v) is 3.56. The quantitative estimate of drug-likeness (QED) is 0.824. The van der Waals surface area contributed by atoms with Crippen LogP contribution in [0.4, 0.5) is 5.69 Å². The second kappa shape index (κ2) is 6.39. The highest BCUT2D eigenvalue weighted by Crippen LogP contribution is 2.16. The Morgan fingerprint density at radius 2 is 1.71 bits per heavy atom. The van der Waals surface area contributed by atoms with Crippen molar-refractivity contribution in [2.45, 2.75) is 19.8 Å². The molecule has 2 N–H and O–H groups in total. The van der Waals surface area contributed by atoms with E-state index in [4.69, 9.17) is 5.11 Å². The predicted octanol–water partition coefficient (Wildman–Crippen LogP) is 1.58. The van der Waals surface area contributed by atoms with Gasteiger partial charge in [-0.3, -0.25) is 14.4 Å². The molecule has 112 valence electrons. The van der Waals surface area contributed by atoms with E-state index < -0.39 is 17.8 Å². The molecule has 1 saturated heterocycles. The van der Waals surface area contributed by atoms with Gasteiger partial charge in [-0.05, 0) is 44.0 Å². The predicted molar refractivity (Wildman–Crippen MR) is 77.0 cm³/mol. The second-order valence-electron chi connectivity index (χ2n) is 5.13. The Morgan fingerprint density at radius 3 is 2.24 bits per heavy atom. The van der Waals surface area contributed by atoms with Gasteiger partial charge in [-0.2, -0.15) is 0 Å². The number of hydrogen-bond donors (Lipinski definition) is 2. The van der Waals surface area contributed by atoms with Crippen molar-refractivity contribution in [1.82, 2.24) is 4.90 Å². The highest BCUT2D eigenvalue weighted by atomic mass is 16.4. The first-order valence-electron chi connectivity index (χ1n) is 6.92. The number of anilines is 1. The number of aliphatic carboxylic acids is 1. The summed E-state index contributed by atoms with van der Waals surface area (Å²) in [6, 6.07) is 6.49. The molecule has 0 aliphatic carbocycles. The first kappa shape index (κ1) is 15.0. The van der Waals surface area contributed by atoms with E-state index in [0.29, 0.717) is 11.3 Å². The number of likely N-dealkylation sites (tertiary alicyclic amines) is 1. The maximum Gasteiger partial charge on any atom is 0.315 e. The van der Waals surface area contributed by atoms with Crippen LogP contribution in [0.25, 0.3) is 0 Å². The largest absolute Gasteiger partial charge is 0.481 e. The third kappa shape index (κ3) is 3.59. The minimum Gasteiger partial charge on any atom is -0.481 e. The minimum absolute atomic E-state index is 0.00993. The molecule has 1 aromatic rings. The van der Waals surface area contributed by atoms with Crippen molar-refractivity contribution in [2.75, 3.05) is 18.4 Å². The van der Waals surface area contributed by atoms with Crippen LogP contribution >= 0.6 is 0 Å². The monoisotopic (exact) mass is 290 g/mol. The number of nitrogens with zero attached hydrogens (tertiary/aromatic N) is 1. The fourth-order valence-electron chi connectivity index (χ4n) is 2.16. The third-order valence-electron chi connectivity index (χ3n) is 3.56. The molecular weight excluding hydrogens is 272 g/mol. The molecule has 0 aromatic heterocycles. The molecule has 0 radical (unpaired) electrons. The number of benzene rings is 1. The normalized spacial score (nSPS) is 15.6. The molecule has 1 aromatic carbocycles. The van der Waals surface area contributed by atoms with Gasteiger partial charge < -0.3 is 15.3 Å². The summed E-state index contributed by atoms with van der Waals surface area (Å²) >= 11 is 0. The summed E-state index contributed by atoms with van der Waals surface area (Å²) in [4.78, 5) is 36.3. The average Bonchev–Trinajstić information content (AvgIpc) is 3.00. The summed E-state index contributed by atoms with van der Waals surface area (Å²) in [5.41, 5.74) is 1.05. The zero-order valence-corrected chi connectivity index (χ0v) is 11.8. The molecule has 1 unspecified atom stereocenters. The molecule has 21 heavy (non-hydrogen) atoms. The molecule has 1 fully saturated rings. The summed E-state index contributed by atoms with van der Waals surface area (Å²) in [6.07, 6.45) is 2.07. The lowest BCUT2D eigenvalue weighted by Crippen LogP contribution is -2.28. The molecule has 1 heterocycles. The number of carbonyl (C=O) groups excluding carboxylic acids is 2. The smallest absolute Gasteiger partial charge is 0.315 e. The number of hydrogen-bond acceptors (Lipinski definition) is 3. The van der Waals surface area contributed by atoms with Gasteiger partial charge in [-0.25, -0.2) is 0 Å². The fraction of sp³-hybridized carbons (Fsp3) is 0.400. The summed E-state index contributed by atoms with van der Waals surface area (Å²) in [5.74, 6) is -2.88. The maximum absolute atomic E-state index is 12.1. The molecule has 0 bridgehead atoms. The lowest BCUT2D eigenvalue weighted by Gasteiger charge is -2.15. The lowest BCUT2D eigenvalue weighted by molar-refractivity contribution is -0.144. The van der Waals surface area contributed by atoms with Crippen molar-refractivity contribution in [3.63, 3.8) is 0 Å². The van der Waals surface area contributed by atoms with Gasteiger partial charge in [0.25, 0.3) is 5.91 Å². The number of carboxylic acids is 1. The first-order valence-corrected chi connectivity index (χ1v) is 6.92. The van der Waals surface area contributed by atoms with Crippen molar-refractivity contribution < 1.29 is 19.5 Å². The molecule has 1 aliphatic rings. The van der Waals surface area contributed by atoms with E-state index in [0.717, 1.165) is 25.9 Å². The molecule has 2 amide bonds. The van der Waals surface area contributed by atoms with Gasteiger partial charge in [-0.1, -0.05) is 0 Å². The first-order chi connectivity index (χ1) is 9.99. The van der Waals surface area contributed by atoms with E-state index in [9.17, 15) is 14.4 Å². The molecule has 2 rings (SSSR count). The molecule has 1 atom stereocenters. The van der Waals surface area contributed by atoms with Crippen molar-refractivity contribution in [3.8, 4) is 0 Å². The van der Waals surface area contributed by atoms with Crippen LogP contribution in [0, 0.1) is 5.92 Å². The Bertz CT molecular complexity index is 547. The number of carboxylic acid groups (broad SMARTS) is 1. The van der Waals surface area contributed by atoms with Crippen LogP contribution in [0.5, 0.6) is 0 Å². The van der Waals surface area contributed by atoms with Gasteiger partial charge in [0.1, 0.15) is 5.92 Å². The van der Waals surface area contributed by atoms with E-state index in [2.05, 4.69) is 5.32 Å². The Morgan fingerprint density at radius 1 is 1.14 bits per heavy atom. The molecule has 0 spiro atoms.